The van der Waals surface area contributed by atoms with E-state index in [2.05, 4.69) is 50.8 Å². The molecule has 0 aromatic heterocycles. The first-order valence-electron chi connectivity index (χ1n) is 9.21. The molecule has 0 atom stereocenters. The van der Waals surface area contributed by atoms with Crippen molar-refractivity contribution < 1.29 is 8.42 Å². The molecule has 1 saturated heterocycles. The molecule has 0 amide bonds. The fourth-order valence-electron chi connectivity index (χ4n) is 3.40. The summed E-state index contributed by atoms with van der Waals surface area (Å²) in [6.45, 7) is 10.9. The molecule has 0 N–H and O–H groups in total. The van der Waals surface area contributed by atoms with E-state index in [9.17, 15) is 8.42 Å². The van der Waals surface area contributed by atoms with Crippen LogP contribution in [0, 0.1) is 13.8 Å². The van der Waals surface area contributed by atoms with Gasteiger partial charge in [-0.15, -0.1) is 0 Å². The first kappa shape index (κ1) is 18.9. The Kier molecular flexibility index (Phi) is 5.39. The van der Waals surface area contributed by atoms with Gasteiger partial charge in [0.25, 0.3) is 0 Å². The highest BCUT2D eigenvalue weighted by Gasteiger charge is 2.29. The minimum absolute atomic E-state index is 0.391. The van der Waals surface area contributed by atoms with Gasteiger partial charge in [0.2, 0.25) is 10.0 Å². The molecule has 1 aliphatic rings. The van der Waals surface area contributed by atoms with Gasteiger partial charge in [-0.2, -0.15) is 4.31 Å². The third-order valence-electron chi connectivity index (χ3n) is 5.13. The van der Waals surface area contributed by atoms with Gasteiger partial charge in [0, 0.05) is 31.9 Å². The lowest BCUT2D eigenvalue weighted by Gasteiger charge is -2.36. The van der Waals surface area contributed by atoms with Crippen LogP contribution in [0.5, 0.6) is 0 Å². The highest BCUT2D eigenvalue weighted by Crippen LogP contribution is 2.25. The topological polar surface area (TPSA) is 40.6 Å². The second-order valence-electron chi connectivity index (χ2n) is 7.40. The van der Waals surface area contributed by atoms with Gasteiger partial charge in [0.05, 0.1) is 4.90 Å². The number of rotatable bonds is 4. The van der Waals surface area contributed by atoms with Crippen molar-refractivity contribution in [3.8, 4) is 0 Å². The van der Waals surface area contributed by atoms with Gasteiger partial charge < -0.3 is 4.90 Å². The smallest absolute Gasteiger partial charge is 0.243 e. The molecule has 1 heterocycles. The Balaban J connectivity index is 1.73. The number of benzene rings is 2. The van der Waals surface area contributed by atoms with Crippen LogP contribution in [0.15, 0.2) is 47.4 Å². The predicted molar refractivity (Wildman–Crippen MR) is 107 cm³/mol. The number of aryl methyl sites for hydroxylation is 2. The Labute approximate surface area is 157 Å². The molecule has 0 spiro atoms. The molecule has 26 heavy (non-hydrogen) atoms. The van der Waals surface area contributed by atoms with Gasteiger partial charge in [-0.1, -0.05) is 38.1 Å². The number of anilines is 1. The first-order valence-corrected chi connectivity index (χ1v) is 10.7. The van der Waals surface area contributed by atoms with Crippen molar-refractivity contribution in [2.75, 3.05) is 31.1 Å². The Morgan fingerprint density at radius 3 is 2.08 bits per heavy atom. The van der Waals surface area contributed by atoms with Crippen molar-refractivity contribution in [1.82, 2.24) is 4.31 Å². The molecule has 5 heteroatoms. The molecule has 1 fully saturated rings. The lowest BCUT2D eigenvalue weighted by Crippen LogP contribution is -2.48. The Bertz CT molecular complexity index is 865. The fraction of sp³-hybridized carbons (Fsp3) is 0.429. The zero-order chi connectivity index (χ0) is 18.9. The highest BCUT2D eigenvalue weighted by molar-refractivity contribution is 7.89. The summed E-state index contributed by atoms with van der Waals surface area (Å²) in [5.41, 5.74) is 4.83. The van der Waals surface area contributed by atoms with E-state index in [-0.39, 0.29) is 0 Å². The van der Waals surface area contributed by atoms with E-state index in [0.717, 1.165) is 5.56 Å². The number of sulfonamides is 1. The highest BCUT2D eigenvalue weighted by atomic mass is 32.2. The molecular formula is C21H28N2O2S. The number of hydrogen-bond donors (Lipinski definition) is 0. The third-order valence-corrected chi connectivity index (χ3v) is 7.04. The molecular weight excluding hydrogens is 344 g/mol. The maximum atomic E-state index is 12.9. The van der Waals surface area contributed by atoms with Gasteiger partial charge in [0.15, 0.2) is 0 Å². The molecule has 3 rings (SSSR count). The van der Waals surface area contributed by atoms with Crippen molar-refractivity contribution in [1.29, 1.82) is 0 Å². The van der Waals surface area contributed by atoms with Crippen molar-refractivity contribution >= 4 is 15.7 Å². The Hall–Kier alpha value is -1.85. The van der Waals surface area contributed by atoms with E-state index in [1.165, 1.54) is 16.8 Å². The monoisotopic (exact) mass is 372 g/mol. The minimum Gasteiger partial charge on any atom is -0.369 e. The normalized spacial score (nSPS) is 16.3. The second kappa shape index (κ2) is 7.41. The maximum Gasteiger partial charge on any atom is 0.243 e. The van der Waals surface area contributed by atoms with E-state index in [0.29, 0.717) is 37.0 Å². The summed E-state index contributed by atoms with van der Waals surface area (Å²) in [5, 5.41) is 0. The summed E-state index contributed by atoms with van der Waals surface area (Å²) in [6, 6.07) is 13.7. The number of nitrogens with zero attached hydrogens (tertiary/aromatic N) is 2. The summed E-state index contributed by atoms with van der Waals surface area (Å²) in [6.07, 6.45) is 0. The zero-order valence-electron chi connectivity index (χ0n) is 16.1. The molecule has 2 aromatic rings. The van der Waals surface area contributed by atoms with Crippen LogP contribution in [0.4, 0.5) is 5.69 Å². The van der Waals surface area contributed by atoms with E-state index < -0.39 is 10.0 Å². The summed E-state index contributed by atoms with van der Waals surface area (Å²) in [5.74, 6) is 0.396. The van der Waals surface area contributed by atoms with Crippen LogP contribution in [0.2, 0.25) is 0 Å². The second-order valence-corrected chi connectivity index (χ2v) is 9.34. The molecule has 0 bridgehead atoms. The largest absolute Gasteiger partial charge is 0.369 e. The van der Waals surface area contributed by atoms with Crippen molar-refractivity contribution in [3.05, 3.63) is 59.2 Å². The standard InChI is InChI=1S/C21H28N2O2S/c1-16(2)19-7-9-20(10-8-19)26(24,25)23-13-11-22(12-14-23)21-15-17(3)5-6-18(21)4/h5-10,15-16H,11-14H2,1-4H3. The van der Waals surface area contributed by atoms with Crippen LogP contribution in [0.3, 0.4) is 0 Å². The quantitative estimate of drug-likeness (QED) is 0.816. The maximum absolute atomic E-state index is 12.9. The summed E-state index contributed by atoms with van der Waals surface area (Å²) in [7, 11) is -3.42. The van der Waals surface area contributed by atoms with Crippen LogP contribution in [0.1, 0.15) is 36.5 Å². The average Bonchev–Trinajstić information content (AvgIpc) is 2.64. The Morgan fingerprint density at radius 1 is 0.885 bits per heavy atom. The van der Waals surface area contributed by atoms with E-state index in [1.807, 2.05) is 12.1 Å². The molecule has 0 saturated carbocycles. The zero-order valence-corrected chi connectivity index (χ0v) is 16.9. The number of piperazine rings is 1. The van der Waals surface area contributed by atoms with Crippen LogP contribution in [-0.4, -0.2) is 38.9 Å². The minimum atomic E-state index is -3.42. The molecule has 0 aliphatic carbocycles. The van der Waals surface area contributed by atoms with Crippen LogP contribution in [-0.2, 0) is 10.0 Å². The van der Waals surface area contributed by atoms with Gasteiger partial charge in [0.1, 0.15) is 0 Å². The predicted octanol–water partition coefficient (Wildman–Crippen LogP) is 3.94. The number of hydrogen-bond acceptors (Lipinski definition) is 3. The first-order chi connectivity index (χ1) is 12.3. The molecule has 0 radical (unpaired) electrons. The van der Waals surface area contributed by atoms with Crippen LogP contribution >= 0.6 is 0 Å². The molecule has 4 nitrogen and oxygen atoms in total. The van der Waals surface area contributed by atoms with Crippen molar-refractivity contribution in [2.45, 2.75) is 38.5 Å². The van der Waals surface area contributed by atoms with Gasteiger partial charge >= 0.3 is 0 Å². The van der Waals surface area contributed by atoms with E-state index >= 15 is 0 Å². The fourth-order valence-corrected chi connectivity index (χ4v) is 4.83. The van der Waals surface area contributed by atoms with Crippen molar-refractivity contribution in [2.24, 2.45) is 0 Å². The molecule has 2 aromatic carbocycles. The van der Waals surface area contributed by atoms with Gasteiger partial charge in [-0.05, 0) is 54.7 Å². The van der Waals surface area contributed by atoms with E-state index in [4.69, 9.17) is 0 Å². The van der Waals surface area contributed by atoms with Gasteiger partial charge in [-0.3, -0.25) is 0 Å². The molecule has 140 valence electrons. The Morgan fingerprint density at radius 2 is 1.50 bits per heavy atom. The summed E-state index contributed by atoms with van der Waals surface area (Å²) >= 11 is 0. The van der Waals surface area contributed by atoms with Crippen LogP contribution in [0.25, 0.3) is 0 Å². The average molecular weight is 373 g/mol. The van der Waals surface area contributed by atoms with Crippen molar-refractivity contribution in [3.63, 3.8) is 0 Å². The molecule has 1 aliphatic heterocycles. The third kappa shape index (κ3) is 3.79. The summed E-state index contributed by atoms with van der Waals surface area (Å²) in [4.78, 5) is 2.68. The lowest BCUT2D eigenvalue weighted by molar-refractivity contribution is 0.384. The lowest BCUT2D eigenvalue weighted by atomic mass is 10.0. The van der Waals surface area contributed by atoms with Gasteiger partial charge in [-0.25, -0.2) is 8.42 Å². The van der Waals surface area contributed by atoms with E-state index in [1.54, 1.807) is 16.4 Å². The SMILES string of the molecule is Cc1ccc(C)c(N2CCN(S(=O)(=O)c3ccc(C(C)C)cc3)CC2)c1. The summed E-state index contributed by atoms with van der Waals surface area (Å²) < 4.78 is 27.5. The van der Waals surface area contributed by atoms with Crippen LogP contribution < -0.4 is 4.90 Å². The molecule has 0 unspecified atom stereocenters.